The first kappa shape index (κ1) is 15.8. The van der Waals surface area contributed by atoms with Gasteiger partial charge in [-0.1, -0.05) is 0 Å². The number of aliphatic hydroxyl groups is 1. The molecule has 0 aliphatic heterocycles. The van der Waals surface area contributed by atoms with E-state index in [-0.39, 0.29) is 6.07 Å². The van der Waals surface area contributed by atoms with E-state index < -0.39 is 41.2 Å². The molecule has 0 saturated heterocycles. The zero-order valence-corrected chi connectivity index (χ0v) is 9.68. The number of nitrogens with two attached hydrogens (primary N) is 1. The van der Waals surface area contributed by atoms with Crippen LogP contribution in [0.2, 0.25) is 0 Å². The minimum atomic E-state index is -4.92. The first-order chi connectivity index (χ1) is 8.43. The number of alkyl halides is 6. The Kier molecular flexibility index (Phi) is 4.16. The second-order valence-corrected chi connectivity index (χ2v) is 4.11. The Morgan fingerprint density at radius 2 is 1.32 bits per heavy atom. The van der Waals surface area contributed by atoms with Gasteiger partial charge in [-0.15, -0.1) is 0 Å². The molecule has 0 aliphatic carbocycles. The van der Waals surface area contributed by atoms with Crippen LogP contribution in [0.15, 0.2) is 18.2 Å². The average Bonchev–Trinajstić information content (AvgIpc) is 2.24. The van der Waals surface area contributed by atoms with Crippen molar-refractivity contribution in [1.29, 1.82) is 0 Å². The van der Waals surface area contributed by atoms with Gasteiger partial charge in [-0.2, -0.15) is 26.3 Å². The van der Waals surface area contributed by atoms with Crippen LogP contribution in [0.5, 0.6) is 0 Å². The fourth-order valence-electron chi connectivity index (χ4n) is 1.45. The van der Waals surface area contributed by atoms with E-state index in [1.165, 1.54) is 6.92 Å². The number of hydrogen-bond donors (Lipinski definition) is 2. The zero-order valence-electron chi connectivity index (χ0n) is 9.68. The quantitative estimate of drug-likeness (QED) is 0.821. The summed E-state index contributed by atoms with van der Waals surface area (Å²) < 4.78 is 75.2. The van der Waals surface area contributed by atoms with Crippen molar-refractivity contribution in [2.45, 2.75) is 31.4 Å². The molecule has 19 heavy (non-hydrogen) atoms. The van der Waals surface area contributed by atoms with Gasteiger partial charge in [-0.25, -0.2) is 0 Å². The van der Waals surface area contributed by atoms with Crippen molar-refractivity contribution in [3.05, 3.63) is 34.9 Å². The van der Waals surface area contributed by atoms with Crippen LogP contribution in [0.25, 0.3) is 0 Å². The Hall–Kier alpha value is -1.28. The maximum Gasteiger partial charge on any atom is 0.416 e. The molecule has 0 aromatic heterocycles. The number of hydrogen-bond acceptors (Lipinski definition) is 2. The molecule has 0 heterocycles. The van der Waals surface area contributed by atoms with E-state index in [1.807, 2.05) is 0 Å². The molecule has 108 valence electrons. The molecule has 0 spiro atoms. The first-order valence-electron chi connectivity index (χ1n) is 5.16. The molecular weight excluding hydrogens is 276 g/mol. The van der Waals surface area contributed by atoms with Gasteiger partial charge in [0.1, 0.15) is 0 Å². The fourth-order valence-corrected chi connectivity index (χ4v) is 1.45. The Bertz CT molecular complexity index is 419. The lowest BCUT2D eigenvalue weighted by Crippen LogP contribution is -2.24. The Morgan fingerprint density at radius 1 is 0.947 bits per heavy atom. The summed E-state index contributed by atoms with van der Waals surface area (Å²) >= 11 is 0. The monoisotopic (exact) mass is 287 g/mol. The molecule has 0 radical (unpaired) electrons. The number of halogens is 6. The van der Waals surface area contributed by atoms with E-state index in [2.05, 4.69) is 0 Å². The van der Waals surface area contributed by atoms with Gasteiger partial charge in [0.2, 0.25) is 0 Å². The highest BCUT2D eigenvalue weighted by Gasteiger charge is 2.37. The van der Waals surface area contributed by atoms with Gasteiger partial charge >= 0.3 is 12.4 Å². The molecule has 2 nitrogen and oxygen atoms in total. The average molecular weight is 287 g/mol. The van der Waals surface area contributed by atoms with Crippen LogP contribution in [-0.2, 0) is 12.4 Å². The summed E-state index contributed by atoms with van der Waals surface area (Å²) in [6.45, 7) is 1.18. The van der Waals surface area contributed by atoms with Crippen molar-refractivity contribution in [3.8, 4) is 0 Å². The molecule has 1 aromatic rings. The molecule has 0 unspecified atom stereocenters. The minimum Gasteiger partial charge on any atom is -0.391 e. The third kappa shape index (κ3) is 3.84. The Labute approximate surface area is 104 Å². The highest BCUT2D eigenvalue weighted by atomic mass is 19.4. The molecule has 1 aromatic carbocycles. The number of benzene rings is 1. The van der Waals surface area contributed by atoms with E-state index in [9.17, 15) is 31.4 Å². The summed E-state index contributed by atoms with van der Waals surface area (Å²) in [5.74, 6) is 0. The van der Waals surface area contributed by atoms with Crippen LogP contribution in [0.1, 0.15) is 29.7 Å². The van der Waals surface area contributed by atoms with E-state index in [4.69, 9.17) is 5.73 Å². The van der Waals surface area contributed by atoms with Gasteiger partial charge in [0.25, 0.3) is 0 Å². The summed E-state index contributed by atoms with van der Waals surface area (Å²) in [5, 5.41) is 9.17. The smallest absolute Gasteiger partial charge is 0.391 e. The van der Waals surface area contributed by atoms with Gasteiger partial charge in [0.15, 0.2) is 0 Å². The largest absolute Gasteiger partial charge is 0.416 e. The van der Waals surface area contributed by atoms with Gasteiger partial charge in [-0.3, -0.25) is 0 Å². The van der Waals surface area contributed by atoms with Gasteiger partial charge < -0.3 is 10.8 Å². The maximum atomic E-state index is 12.5. The second-order valence-electron chi connectivity index (χ2n) is 4.11. The van der Waals surface area contributed by atoms with Crippen LogP contribution >= 0.6 is 0 Å². The molecule has 0 aliphatic rings. The zero-order chi connectivity index (χ0) is 15.0. The molecule has 0 bridgehead atoms. The summed E-state index contributed by atoms with van der Waals surface area (Å²) in [4.78, 5) is 0. The molecule has 0 saturated carbocycles. The van der Waals surface area contributed by atoms with Crippen molar-refractivity contribution in [2.24, 2.45) is 5.73 Å². The third-order valence-corrected chi connectivity index (χ3v) is 2.51. The SMILES string of the molecule is C[C@H](O)[C@H](N)c1cc(C(F)(F)F)cc(C(F)(F)F)c1. The summed E-state index contributed by atoms with van der Waals surface area (Å²) in [6, 6.07) is -0.305. The lowest BCUT2D eigenvalue weighted by atomic mass is 9.97. The molecular formula is C11H11F6NO. The molecule has 1 rings (SSSR count). The second kappa shape index (κ2) is 5.01. The van der Waals surface area contributed by atoms with E-state index in [1.54, 1.807) is 0 Å². The fraction of sp³-hybridized carbons (Fsp3) is 0.455. The highest BCUT2D eigenvalue weighted by molar-refractivity contribution is 5.35. The number of rotatable bonds is 2. The van der Waals surface area contributed by atoms with Crippen molar-refractivity contribution in [1.82, 2.24) is 0 Å². The molecule has 0 fully saturated rings. The predicted octanol–water partition coefficient (Wildman–Crippen LogP) is 3.10. The van der Waals surface area contributed by atoms with Crippen LogP contribution < -0.4 is 5.73 Å². The minimum absolute atomic E-state index is 0.0122. The molecule has 3 N–H and O–H groups in total. The summed E-state index contributed by atoms with van der Waals surface area (Å²) in [5.41, 5.74) is 2.06. The van der Waals surface area contributed by atoms with E-state index in [0.717, 1.165) is 0 Å². The standard InChI is InChI=1S/C11H11F6NO/c1-5(19)9(18)6-2-7(10(12,13)14)4-8(3-6)11(15,16)17/h2-5,9,19H,18H2,1H3/t5-,9-/m0/s1. The normalized spacial score (nSPS) is 16.3. The van der Waals surface area contributed by atoms with Crippen LogP contribution in [0.4, 0.5) is 26.3 Å². The Morgan fingerprint density at radius 3 is 1.58 bits per heavy atom. The summed E-state index contributed by atoms with van der Waals surface area (Å²) in [7, 11) is 0. The van der Waals surface area contributed by atoms with Gasteiger partial charge in [0.05, 0.1) is 23.3 Å². The Balaban J connectivity index is 3.41. The van der Waals surface area contributed by atoms with E-state index >= 15 is 0 Å². The van der Waals surface area contributed by atoms with E-state index in [0.29, 0.717) is 12.1 Å². The topological polar surface area (TPSA) is 46.2 Å². The maximum absolute atomic E-state index is 12.5. The third-order valence-electron chi connectivity index (χ3n) is 2.51. The van der Waals surface area contributed by atoms with Crippen molar-refractivity contribution < 1.29 is 31.4 Å². The van der Waals surface area contributed by atoms with Gasteiger partial charge in [0, 0.05) is 0 Å². The highest BCUT2D eigenvalue weighted by Crippen LogP contribution is 2.37. The predicted molar refractivity (Wildman–Crippen MR) is 55.1 cm³/mol. The molecule has 2 atom stereocenters. The molecule has 0 amide bonds. The van der Waals surface area contributed by atoms with Crippen LogP contribution in [-0.4, -0.2) is 11.2 Å². The van der Waals surface area contributed by atoms with Crippen molar-refractivity contribution in [3.63, 3.8) is 0 Å². The van der Waals surface area contributed by atoms with Crippen LogP contribution in [0, 0.1) is 0 Å². The van der Waals surface area contributed by atoms with Crippen LogP contribution in [0.3, 0.4) is 0 Å². The lowest BCUT2D eigenvalue weighted by Gasteiger charge is -2.19. The first-order valence-corrected chi connectivity index (χ1v) is 5.16. The molecule has 8 heteroatoms. The van der Waals surface area contributed by atoms with Crippen molar-refractivity contribution >= 4 is 0 Å². The van der Waals surface area contributed by atoms with Crippen molar-refractivity contribution in [2.75, 3.05) is 0 Å². The number of aliphatic hydroxyl groups excluding tert-OH is 1. The van der Waals surface area contributed by atoms with Gasteiger partial charge in [-0.05, 0) is 30.7 Å². The lowest BCUT2D eigenvalue weighted by molar-refractivity contribution is -0.143. The summed E-state index contributed by atoms with van der Waals surface area (Å²) in [6.07, 6.45) is -11.1.